The number of anilines is 1. The summed E-state index contributed by atoms with van der Waals surface area (Å²) in [5.74, 6) is 0.215. The second-order valence-electron chi connectivity index (χ2n) is 7.61. The zero-order valence-corrected chi connectivity index (χ0v) is 16.2. The van der Waals surface area contributed by atoms with Crippen molar-refractivity contribution in [1.29, 1.82) is 0 Å². The van der Waals surface area contributed by atoms with Crippen molar-refractivity contribution in [2.45, 2.75) is 18.4 Å². The largest absolute Gasteiger partial charge is 0.356 e. The maximum absolute atomic E-state index is 13.4. The molecule has 0 unspecified atom stereocenters. The lowest BCUT2D eigenvalue weighted by Gasteiger charge is -2.37. The van der Waals surface area contributed by atoms with Crippen molar-refractivity contribution < 1.29 is 4.79 Å². The van der Waals surface area contributed by atoms with E-state index in [4.69, 9.17) is 0 Å². The molecule has 2 aromatic heterocycles. The Hall–Kier alpha value is -2.89. The lowest BCUT2D eigenvalue weighted by molar-refractivity contribution is -0.120. The molecule has 5 heteroatoms. The van der Waals surface area contributed by atoms with Crippen molar-refractivity contribution in [3.05, 3.63) is 87.2 Å². The van der Waals surface area contributed by atoms with Gasteiger partial charge in [-0.05, 0) is 35.6 Å². The smallest absolute Gasteiger partial charge is 0.255 e. The Bertz CT molecular complexity index is 1240. The molecule has 4 aromatic rings. The van der Waals surface area contributed by atoms with E-state index >= 15 is 0 Å². The van der Waals surface area contributed by atoms with Gasteiger partial charge in [0.1, 0.15) is 0 Å². The molecule has 1 spiro atoms. The van der Waals surface area contributed by atoms with Crippen LogP contribution in [-0.2, 0) is 10.3 Å². The quantitative estimate of drug-likeness (QED) is 0.453. The highest BCUT2D eigenvalue weighted by Crippen LogP contribution is 2.50. The van der Waals surface area contributed by atoms with Crippen molar-refractivity contribution in [3.8, 4) is 0 Å². The zero-order chi connectivity index (χ0) is 18.9. The summed E-state index contributed by atoms with van der Waals surface area (Å²) in [6.45, 7) is 2.76. The number of aromatic amines is 1. The molecule has 1 amide bonds. The van der Waals surface area contributed by atoms with E-state index in [0.717, 1.165) is 34.6 Å². The zero-order valence-electron chi connectivity index (χ0n) is 15.4. The Labute approximate surface area is 166 Å². The molecule has 2 aliphatic heterocycles. The molecule has 28 heavy (non-hydrogen) atoms. The van der Waals surface area contributed by atoms with Crippen LogP contribution in [0.4, 0.5) is 5.69 Å². The van der Waals surface area contributed by atoms with Crippen molar-refractivity contribution in [2.75, 3.05) is 11.9 Å². The Morgan fingerprint density at radius 3 is 2.82 bits per heavy atom. The van der Waals surface area contributed by atoms with E-state index in [1.165, 1.54) is 15.8 Å². The van der Waals surface area contributed by atoms with Crippen molar-refractivity contribution in [2.24, 2.45) is 0 Å². The van der Waals surface area contributed by atoms with E-state index in [2.05, 4.69) is 57.4 Å². The van der Waals surface area contributed by atoms with Crippen LogP contribution in [0.5, 0.6) is 0 Å². The first-order valence-electron chi connectivity index (χ1n) is 9.51. The molecule has 0 aliphatic carbocycles. The number of benzene rings is 2. The fourth-order valence-electron chi connectivity index (χ4n) is 4.90. The van der Waals surface area contributed by atoms with Crippen LogP contribution in [0, 0.1) is 6.92 Å². The number of carbonyl (C=O) groups is 1. The third-order valence-corrected chi connectivity index (χ3v) is 7.17. The van der Waals surface area contributed by atoms with Crippen LogP contribution < -0.4 is 10.6 Å². The average Bonchev–Trinajstić information content (AvgIpc) is 3.42. The fraction of sp³-hybridized carbons (Fsp3) is 0.174. The van der Waals surface area contributed by atoms with Crippen molar-refractivity contribution in [3.63, 3.8) is 0 Å². The summed E-state index contributed by atoms with van der Waals surface area (Å²) < 4.78 is 0. The van der Waals surface area contributed by atoms with Crippen LogP contribution in [0.15, 0.2) is 60.0 Å². The van der Waals surface area contributed by atoms with Crippen LogP contribution in [0.1, 0.15) is 33.2 Å². The number of hydrogen-bond donors (Lipinski definition) is 3. The number of carbonyl (C=O) groups excluding carboxylic acids is 1. The van der Waals surface area contributed by atoms with Gasteiger partial charge in [0.05, 0.1) is 5.69 Å². The molecular formula is C23H19N3OS. The Morgan fingerprint density at radius 1 is 1.07 bits per heavy atom. The normalized spacial score (nSPS) is 23.0. The summed E-state index contributed by atoms with van der Waals surface area (Å²) >= 11 is 1.77. The average molecular weight is 385 g/mol. The number of para-hydroxylation sites is 2. The van der Waals surface area contributed by atoms with Gasteiger partial charge in [-0.1, -0.05) is 42.5 Å². The molecule has 0 bridgehead atoms. The van der Waals surface area contributed by atoms with Gasteiger partial charge < -0.3 is 10.3 Å². The van der Waals surface area contributed by atoms with E-state index in [1.807, 2.05) is 25.1 Å². The highest BCUT2D eigenvalue weighted by molar-refractivity contribution is 7.10. The summed E-state index contributed by atoms with van der Waals surface area (Å²) in [5.41, 5.74) is 5.44. The van der Waals surface area contributed by atoms with Crippen molar-refractivity contribution in [1.82, 2.24) is 10.3 Å². The summed E-state index contributed by atoms with van der Waals surface area (Å²) in [5, 5.41) is 10.1. The Balaban J connectivity index is 1.69. The second kappa shape index (κ2) is 5.56. The predicted molar refractivity (Wildman–Crippen MR) is 113 cm³/mol. The molecule has 2 aromatic carbocycles. The number of rotatable bonds is 1. The summed E-state index contributed by atoms with van der Waals surface area (Å²) in [6.07, 6.45) is 0. The molecule has 0 fully saturated rings. The first kappa shape index (κ1) is 16.1. The maximum Gasteiger partial charge on any atom is 0.255 e. The second-order valence-corrected chi connectivity index (χ2v) is 8.59. The molecular weight excluding hydrogens is 366 g/mol. The molecule has 2 aliphatic rings. The molecule has 0 radical (unpaired) electrons. The van der Waals surface area contributed by atoms with Crippen LogP contribution in [0.3, 0.4) is 0 Å². The van der Waals surface area contributed by atoms with Gasteiger partial charge >= 0.3 is 0 Å². The highest BCUT2D eigenvalue weighted by atomic mass is 32.1. The topological polar surface area (TPSA) is 56.9 Å². The van der Waals surface area contributed by atoms with Gasteiger partial charge in [-0.25, -0.2) is 0 Å². The molecule has 6 rings (SSSR count). The summed E-state index contributed by atoms with van der Waals surface area (Å²) in [7, 11) is 0. The van der Waals surface area contributed by atoms with E-state index < -0.39 is 5.54 Å². The highest BCUT2D eigenvalue weighted by Gasteiger charge is 2.54. The van der Waals surface area contributed by atoms with Gasteiger partial charge in [0.25, 0.3) is 5.91 Å². The first-order valence-corrected chi connectivity index (χ1v) is 10.4. The maximum atomic E-state index is 13.4. The first-order chi connectivity index (χ1) is 13.7. The SMILES string of the molecule is Cc1cccc2c1NC(=O)[C@]21NC[C@@H](c2cccs2)c2c1[nH]c1ccccc21. The van der Waals surface area contributed by atoms with Gasteiger partial charge in [-0.3, -0.25) is 10.1 Å². The monoisotopic (exact) mass is 385 g/mol. The number of amides is 1. The molecule has 0 saturated carbocycles. The van der Waals surface area contributed by atoms with Gasteiger partial charge in [0, 0.05) is 39.5 Å². The third kappa shape index (κ3) is 1.90. The number of thiophene rings is 1. The molecule has 0 saturated heterocycles. The van der Waals surface area contributed by atoms with Crippen LogP contribution >= 0.6 is 11.3 Å². The molecule has 4 heterocycles. The lowest BCUT2D eigenvalue weighted by Crippen LogP contribution is -2.54. The number of aromatic nitrogens is 1. The van der Waals surface area contributed by atoms with E-state index in [0.29, 0.717) is 0 Å². The third-order valence-electron chi connectivity index (χ3n) is 6.18. The van der Waals surface area contributed by atoms with Gasteiger partial charge in [-0.2, -0.15) is 0 Å². The number of H-pyrrole nitrogens is 1. The fourth-order valence-corrected chi connectivity index (χ4v) is 5.74. The van der Waals surface area contributed by atoms with Crippen LogP contribution in [0.2, 0.25) is 0 Å². The molecule has 3 N–H and O–H groups in total. The lowest BCUT2D eigenvalue weighted by atomic mass is 9.77. The number of nitrogens with one attached hydrogen (secondary N) is 3. The van der Waals surface area contributed by atoms with Crippen molar-refractivity contribution >= 4 is 33.8 Å². The molecule has 4 nitrogen and oxygen atoms in total. The number of fused-ring (bicyclic) bond motifs is 6. The number of hydrogen-bond acceptors (Lipinski definition) is 3. The minimum absolute atomic E-state index is 0.00534. The van der Waals surface area contributed by atoms with Gasteiger partial charge in [-0.15, -0.1) is 11.3 Å². The Morgan fingerprint density at radius 2 is 1.96 bits per heavy atom. The van der Waals surface area contributed by atoms with Crippen LogP contribution in [-0.4, -0.2) is 17.4 Å². The predicted octanol–water partition coefficient (Wildman–Crippen LogP) is 4.47. The van der Waals surface area contributed by atoms with E-state index in [1.54, 1.807) is 11.3 Å². The van der Waals surface area contributed by atoms with E-state index in [-0.39, 0.29) is 11.8 Å². The van der Waals surface area contributed by atoms with Crippen LogP contribution in [0.25, 0.3) is 10.9 Å². The van der Waals surface area contributed by atoms with E-state index in [9.17, 15) is 4.79 Å². The standard InChI is InChI=1S/C23H19N3OS/c1-13-6-4-8-16-20(13)26-22(27)23(16)21-19(14-7-2-3-9-17(14)25-21)15(12-24-23)18-10-5-11-28-18/h2-11,15,24-25H,12H2,1H3,(H,26,27)/t15-,23-/m0/s1. The molecule has 138 valence electrons. The summed E-state index contributed by atoms with van der Waals surface area (Å²) in [6, 6.07) is 18.8. The van der Waals surface area contributed by atoms with Gasteiger partial charge in [0.2, 0.25) is 0 Å². The minimum Gasteiger partial charge on any atom is -0.356 e. The Kier molecular flexibility index (Phi) is 3.20. The summed E-state index contributed by atoms with van der Waals surface area (Å²) in [4.78, 5) is 18.3. The van der Waals surface area contributed by atoms with Gasteiger partial charge in [0.15, 0.2) is 5.54 Å². The molecule has 2 atom stereocenters. The minimum atomic E-state index is -0.872. The number of aryl methyl sites for hydroxylation is 1.